The van der Waals surface area contributed by atoms with E-state index >= 15 is 0 Å². The predicted octanol–water partition coefficient (Wildman–Crippen LogP) is 2.71. The molecule has 1 unspecified atom stereocenters. The summed E-state index contributed by atoms with van der Waals surface area (Å²) in [6.45, 7) is 7.02. The monoisotopic (exact) mass is 244 g/mol. The van der Waals surface area contributed by atoms with Gasteiger partial charge in [0.1, 0.15) is 0 Å². The van der Waals surface area contributed by atoms with E-state index in [2.05, 4.69) is 35.3 Å². The van der Waals surface area contributed by atoms with E-state index in [1.54, 1.807) is 11.1 Å². The Balaban J connectivity index is 1.79. The number of likely N-dealkylation sites (tertiary alicyclic amines) is 1. The van der Waals surface area contributed by atoms with Gasteiger partial charge in [-0.1, -0.05) is 24.6 Å². The van der Waals surface area contributed by atoms with Crippen LogP contribution >= 0.6 is 0 Å². The van der Waals surface area contributed by atoms with Crippen molar-refractivity contribution in [2.45, 2.75) is 51.7 Å². The molecule has 0 saturated carbocycles. The summed E-state index contributed by atoms with van der Waals surface area (Å²) in [4.78, 5) is 2.67. The van der Waals surface area contributed by atoms with Crippen molar-refractivity contribution >= 4 is 0 Å². The van der Waals surface area contributed by atoms with E-state index in [1.807, 2.05) is 0 Å². The minimum absolute atomic E-state index is 0.760. The first-order valence-corrected chi connectivity index (χ1v) is 7.39. The van der Waals surface area contributed by atoms with Crippen LogP contribution in [0.2, 0.25) is 0 Å². The van der Waals surface area contributed by atoms with Crippen molar-refractivity contribution in [1.29, 1.82) is 0 Å². The fourth-order valence-electron chi connectivity index (χ4n) is 3.37. The van der Waals surface area contributed by atoms with Gasteiger partial charge in [0.25, 0.3) is 0 Å². The smallest absolute Gasteiger partial charge is 0.0239 e. The normalized spacial score (nSPS) is 24.8. The van der Waals surface area contributed by atoms with Gasteiger partial charge in [0, 0.05) is 19.1 Å². The zero-order valence-electron chi connectivity index (χ0n) is 11.4. The predicted molar refractivity (Wildman–Crippen MR) is 75.6 cm³/mol. The Morgan fingerprint density at radius 3 is 3.17 bits per heavy atom. The van der Waals surface area contributed by atoms with Crippen LogP contribution in [0.3, 0.4) is 0 Å². The highest BCUT2D eigenvalue weighted by Gasteiger charge is 2.20. The molecule has 0 aromatic heterocycles. The van der Waals surface area contributed by atoms with E-state index < -0.39 is 0 Å². The van der Waals surface area contributed by atoms with Crippen LogP contribution in [-0.2, 0) is 19.5 Å². The van der Waals surface area contributed by atoms with Crippen molar-refractivity contribution in [3.8, 4) is 0 Å². The number of hydrogen-bond acceptors (Lipinski definition) is 2. The van der Waals surface area contributed by atoms with Crippen LogP contribution in [0.15, 0.2) is 18.2 Å². The maximum atomic E-state index is 3.47. The van der Waals surface area contributed by atoms with Crippen molar-refractivity contribution < 1.29 is 0 Å². The molecule has 1 aromatic carbocycles. The Labute approximate surface area is 110 Å². The zero-order chi connectivity index (χ0) is 12.4. The average Bonchev–Trinajstić information content (AvgIpc) is 2.42. The Kier molecular flexibility index (Phi) is 3.67. The van der Waals surface area contributed by atoms with Crippen molar-refractivity contribution in [3.63, 3.8) is 0 Å². The number of benzene rings is 1. The van der Waals surface area contributed by atoms with Gasteiger partial charge < -0.3 is 5.32 Å². The summed E-state index contributed by atoms with van der Waals surface area (Å²) in [7, 11) is 0. The molecule has 1 saturated heterocycles. The van der Waals surface area contributed by atoms with Gasteiger partial charge in [-0.25, -0.2) is 0 Å². The lowest BCUT2D eigenvalue weighted by Gasteiger charge is -2.34. The molecule has 98 valence electrons. The van der Waals surface area contributed by atoms with Crippen LogP contribution in [0.4, 0.5) is 0 Å². The molecule has 2 aliphatic rings. The van der Waals surface area contributed by atoms with E-state index in [0.717, 1.165) is 25.7 Å². The van der Waals surface area contributed by atoms with Crippen LogP contribution in [-0.4, -0.2) is 24.0 Å². The largest absolute Gasteiger partial charge is 0.312 e. The summed E-state index contributed by atoms with van der Waals surface area (Å²) < 4.78 is 0. The number of nitrogens with zero attached hydrogens (tertiary/aromatic N) is 1. The molecule has 1 N–H and O–H groups in total. The third-order valence-electron chi connectivity index (χ3n) is 4.55. The molecule has 0 amide bonds. The summed E-state index contributed by atoms with van der Waals surface area (Å²) in [6, 6.07) is 7.61. The third kappa shape index (κ3) is 2.45. The summed E-state index contributed by atoms with van der Waals surface area (Å²) in [5, 5.41) is 3.47. The lowest BCUT2D eigenvalue weighted by atomic mass is 9.94. The van der Waals surface area contributed by atoms with E-state index in [-0.39, 0.29) is 0 Å². The standard InChI is InChI=1S/C16H24N2/c1-13-5-2-3-10-18(13)12-15-7-4-6-14-11-17-9-8-16(14)15/h4,6-7,13,17H,2-3,5,8-12H2,1H3. The SMILES string of the molecule is CC1CCCCN1Cc1cccc2c1CCNC2. The van der Waals surface area contributed by atoms with Crippen molar-refractivity contribution in [2.24, 2.45) is 0 Å². The lowest BCUT2D eigenvalue weighted by Crippen LogP contribution is -2.37. The van der Waals surface area contributed by atoms with E-state index in [0.29, 0.717) is 0 Å². The Bertz CT molecular complexity index is 414. The Morgan fingerprint density at radius 1 is 1.33 bits per heavy atom. The molecule has 1 atom stereocenters. The minimum Gasteiger partial charge on any atom is -0.312 e. The maximum Gasteiger partial charge on any atom is 0.0239 e. The summed E-state index contributed by atoms with van der Waals surface area (Å²) in [5.41, 5.74) is 4.71. The quantitative estimate of drug-likeness (QED) is 0.860. The number of nitrogens with one attached hydrogen (secondary N) is 1. The molecule has 0 spiro atoms. The second-order valence-corrected chi connectivity index (χ2v) is 5.80. The van der Waals surface area contributed by atoms with Gasteiger partial charge in [-0.15, -0.1) is 0 Å². The number of rotatable bonds is 2. The van der Waals surface area contributed by atoms with E-state index in [9.17, 15) is 0 Å². The van der Waals surface area contributed by atoms with E-state index in [1.165, 1.54) is 37.8 Å². The first-order valence-electron chi connectivity index (χ1n) is 7.39. The lowest BCUT2D eigenvalue weighted by molar-refractivity contribution is 0.152. The van der Waals surface area contributed by atoms with Crippen molar-refractivity contribution in [2.75, 3.05) is 13.1 Å². The molecule has 0 radical (unpaired) electrons. The summed E-state index contributed by atoms with van der Waals surface area (Å²) in [6.07, 6.45) is 5.36. The van der Waals surface area contributed by atoms with Crippen LogP contribution in [0.1, 0.15) is 42.9 Å². The fraction of sp³-hybridized carbons (Fsp3) is 0.625. The van der Waals surface area contributed by atoms with E-state index in [4.69, 9.17) is 0 Å². The molecule has 2 heteroatoms. The van der Waals surface area contributed by atoms with Gasteiger partial charge >= 0.3 is 0 Å². The van der Waals surface area contributed by atoms with Crippen LogP contribution in [0, 0.1) is 0 Å². The highest BCUT2D eigenvalue weighted by atomic mass is 15.2. The third-order valence-corrected chi connectivity index (χ3v) is 4.55. The first kappa shape index (κ1) is 12.2. The highest BCUT2D eigenvalue weighted by molar-refractivity contribution is 5.37. The van der Waals surface area contributed by atoms with Crippen LogP contribution in [0.25, 0.3) is 0 Å². The molecule has 18 heavy (non-hydrogen) atoms. The second kappa shape index (κ2) is 5.41. The molecular weight excluding hydrogens is 220 g/mol. The van der Waals surface area contributed by atoms with Gasteiger partial charge in [-0.3, -0.25) is 4.90 Å². The Morgan fingerprint density at radius 2 is 2.28 bits per heavy atom. The minimum atomic E-state index is 0.760. The molecule has 2 aliphatic heterocycles. The fourth-order valence-corrected chi connectivity index (χ4v) is 3.37. The topological polar surface area (TPSA) is 15.3 Å². The molecule has 3 rings (SSSR count). The molecule has 2 nitrogen and oxygen atoms in total. The average molecular weight is 244 g/mol. The number of piperidine rings is 1. The molecule has 1 aromatic rings. The molecule has 0 bridgehead atoms. The Hall–Kier alpha value is -0.860. The maximum absolute atomic E-state index is 3.47. The highest BCUT2D eigenvalue weighted by Crippen LogP contribution is 2.24. The van der Waals surface area contributed by atoms with Gasteiger partial charge in [0.15, 0.2) is 0 Å². The second-order valence-electron chi connectivity index (χ2n) is 5.80. The molecule has 1 fully saturated rings. The number of hydrogen-bond donors (Lipinski definition) is 1. The van der Waals surface area contributed by atoms with Gasteiger partial charge in [0.2, 0.25) is 0 Å². The van der Waals surface area contributed by atoms with Crippen molar-refractivity contribution in [3.05, 3.63) is 34.9 Å². The first-order chi connectivity index (χ1) is 8.84. The van der Waals surface area contributed by atoms with Gasteiger partial charge in [-0.05, 0) is 56.0 Å². The summed E-state index contributed by atoms with van der Waals surface area (Å²) in [5.74, 6) is 0. The molecule has 2 heterocycles. The van der Waals surface area contributed by atoms with Crippen LogP contribution in [0.5, 0.6) is 0 Å². The van der Waals surface area contributed by atoms with Gasteiger partial charge in [0.05, 0.1) is 0 Å². The number of fused-ring (bicyclic) bond motifs is 1. The van der Waals surface area contributed by atoms with Crippen LogP contribution < -0.4 is 5.32 Å². The summed E-state index contributed by atoms with van der Waals surface area (Å²) >= 11 is 0. The molecular formula is C16H24N2. The molecule has 0 aliphatic carbocycles. The van der Waals surface area contributed by atoms with Crippen molar-refractivity contribution in [1.82, 2.24) is 10.2 Å². The van der Waals surface area contributed by atoms with Gasteiger partial charge in [-0.2, -0.15) is 0 Å². The zero-order valence-corrected chi connectivity index (χ0v) is 11.4.